The Bertz CT molecular complexity index is 697. The van der Waals surface area contributed by atoms with E-state index in [1.807, 2.05) is 30.3 Å². The Morgan fingerprint density at radius 2 is 1.64 bits per heavy atom. The van der Waals surface area contributed by atoms with Gasteiger partial charge in [-0.25, -0.2) is 5.84 Å². The van der Waals surface area contributed by atoms with Crippen molar-refractivity contribution >= 4 is 5.69 Å². The van der Waals surface area contributed by atoms with Gasteiger partial charge >= 0.3 is 0 Å². The van der Waals surface area contributed by atoms with Crippen molar-refractivity contribution in [3.63, 3.8) is 0 Å². The van der Waals surface area contributed by atoms with E-state index >= 15 is 0 Å². The smallest absolute Gasteiger partial charge is 0.202 e. The molecule has 2 aromatic carbocycles. The maximum atomic E-state index is 12.6. The summed E-state index contributed by atoms with van der Waals surface area (Å²) in [6.45, 7) is 1.12. The van der Waals surface area contributed by atoms with E-state index in [4.69, 9.17) is 21.1 Å². The molecule has 0 bridgehead atoms. The van der Waals surface area contributed by atoms with E-state index in [1.54, 1.807) is 12.1 Å². The van der Waals surface area contributed by atoms with Gasteiger partial charge in [-0.05, 0) is 35.4 Å². The molecule has 0 saturated carbocycles. The van der Waals surface area contributed by atoms with Gasteiger partial charge in [0.1, 0.15) is 13.2 Å². The maximum absolute atomic E-state index is 12.6. The molecule has 0 aromatic heterocycles. The fraction of sp³-hybridized carbons (Fsp3) is 0.125. The van der Waals surface area contributed by atoms with Crippen molar-refractivity contribution in [2.75, 3.05) is 18.2 Å². The highest BCUT2D eigenvalue weighted by Gasteiger charge is 2.12. The third kappa shape index (κ3) is 2.96. The molecular weight excluding hydrogens is 285 g/mol. The van der Waals surface area contributed by atoms with Crippen LogP contribution in [0.15, 0.2) is 54.6 Å². The minimum Gasteiger partial charge on any atom is -0.486 e. The highest BCUT2D eigenvalue weighted by atomic mass is 19.1. The van der Waals surface area contributed by atoms with Crippen molar-refractivity contribution in [1.29, 1.82) is 0 Å². The third-order valence-electron chi connectivity index (χ3n) is 3.30. The van der Waals surface area contributed by atoms with Crippen LogP contribution in [0.5, 0.6) is 11.5 Å². The monoisotopic (exact) mass is 301 g/mol. The summed E-state index contributed by atoms with van der Waals surface area (Å²) in [5, 5.41) is 1.13. The topological polar surface area (TPSA) is 73.7 Å². The standard InChI is InChI=1S/C16H16FN3O2/c17-16(18)10-20(19)13-4-1-11(2-5-13)12-3-6-14-15(9-12)22-8-7-21-14/h1-6,9-10H,7-8,18-19H2/b16-10-. The lowest BCUT2D eigenvalue weighted by atomic mass is 10.0. The largest absolute Gasteiger partial charge is 0.486 e. The van der Waals surface area contributed by atoms with Crippen LogP contribution in [-0.4, -0.2) is 13.2 Å². The van der Waals surface area contributed by atoms with E-state index in [-0.39, 0.29) is 0 Å². The summed E-state index contributed by atoms with van der Waals surface area (Å²) < 4.78 is 23.7. The molecule has 0 atom stereocenters. The molecule has 0 aliphatic carbocycles. The second kappa shape index (κ2) is 5.95. The van der Waals surface area contributed by atoms with Gasteiger partial charge in [0.25, 0.3) is 0 Å². The van der Waals surface area contributed by atoms with Gasteiger partial charge in [-0.1, -0.05) is 18.2 Å². The number of ether oxygens (including phenoxy) is 2. The van der Waals surface area contributed by atoms with Gasteiger partial charge in [0.15, 0.2) is 11.5 Å². The quantitative estimate of drug-likeness (QED) is 0.518. The summed E-state index contributed by atoms with van der Waals surface area (Å²) in [6, 6.07) is 13.1. The van der Waals surface area contributed by atoms with Crippen LogP contribution in [0, 0.1) is 0 Å². The molecule has 22 heavy (non-hydrogen) atoms. The SMILES string of the molecule is N/C(F)=C\N(N)c1ccc(-c2ccc3c(c2)OCCO3)cc1. The van der Waals surface area contributed by atoms with Crippen LogP contribution in [0.3, 0.4) is 0 Å². The van der Waals surface area contributed by atoms with Crippen LogP contribution in [0.25, 0.3) is 11.1 Å². The number of anilines is 1. The Labute approximate surface area is 127 Å². The summed E-state index contributed by atoms with van der Waals surface area (Å²) in [5.41, 5.74) is 7.58. The maximum Gasteiger partial charge on any atom is 0.202 e. The lowest BCUT2D eigenvalue weighted by Crippen LogP contribution is -2.25. The highest BCUT2D eigenvalue weighted by molar-refractivity contribution is 5.69. The van der Waals surface area contributed by atoms with Gasteiger partial charge in [0.2, 0.25) is 5.95 Å². The first-order valence-corrected chi connectivity index (χ1v) is 6.80. The molecule has 6 heteroatoms. The van der Waals surface area contributed by atoms with Crippen LogP contribution in [-0.2, 0) is 0 Å². The molecule has 4 N–H and O–H groups in total. The van der Waals surface area contributed by atoms with Crippen molar-refractivity contribution in [2.24, 2.45) is 11.6 Å². The fourth-order valence-corrected chi connectivity index (χ4v) is 2.26. The molecule has 5 nitrogen and oxygen atoms in total. The zero-order valence-corrected chi connectivity index (χ0v) is 11.8. The first-order valence-electron chi connectivity index (χ1n) is 6.80. The van der Waals surface area contributed by atoms with Gasteiger partial charge < -0.3 is 15.2 Å². The van der Waals surface area contributed by atoms with E-state index in [9.17, 15) is 4.39 Å². The fourth-order valence-electron chi connectivity index (χ4n) is 2.26. The molecule has 0 spiro atoms. The summed E-state index contributed by atoms with van der Waals surface area (Å²) in [7, 11) is 0. The van der Waals surface area contributed by atoms with E-state index < -0.39 is 5.95 Å². The van der Waals surface area contributed by atoms with Gasteiger partial charge in [0, 0.05) is 0 Å². The molecule has 0 saturated heterocycles. The molecule has 0 radical (unpaired) electrons. The minimum absolute atomic E-state index is 0.550. The second-order valence-electron chi connectivity index (χ2n) is 4.83. The number of hydrazine groups is 1. The Kier molecular flexibility index (Phi) is 3.84. The Balaban J connectivity index is 1.85. The molecule has 1 heterocycles. The number of hydrogen-bond acceptors (Lipinski definition) is 5. The number of benzene rings is 2. The number of fused-ring (bicyclic) bond motifs is 1. The number of nitrogens with zero attached hydrogens (tertiary/aromatic N) is 1. The Morgan fingerprint density at radius 3 is 2.32 bits per heavy atom. The molecule has 3 rings (SSSR count). The summed E-state index contributed by atoms with van der Waals surface area (Å²) >= 11 is 0. The van der Waals surface area contributed by atoms with Crippen molar-refractivity contribution in [1.82, 2.24) is 0 Å². The molecule has 1 aliphatic heterocycles. The number of halogens is 1. The van der Waals surface area contributed by atoms with Crippen molar-refractivity contribution < 1.29 is 13.9 Å². The number of rotatable bonds is 3. The van der Waals surface area contributed by atoms with Crippen LogP contribution in [0.1, 0.15) is 0 Å². The van der Waals surface area contributed by atoms with E-state index in [1.165, 1.54) is 0 Å². The van der Waals surface area contributed by atoms with E-state index in [0.29, 0.717) is 18.9 Å². The van der Waals surface area contributed by atoms with Crippen molar-refractivity contribution in [2.45, 2.75) is 0 Å². The van der Waals surface area contributed by atoms with E-state index in [2.05, 4.69) is 0 Å². The number of hydrogen-bond donors (Lipinski definition) is 2. The van der Waals surface area contributed by atoms with Crippen LogP contribution in [0.4, 0.5) is 10.1 Å². The normalized spacial score (nSPS) is 13.8. The zero-order valence-electron chi connectivity index (χ0n) is 11.8. The Morgan fingerprint density at radius 1 is 1.00 bits per heavy atom. The van der Waals surface area contributed by atoms with E-state index in [0.717, 1.165) is 33.8 Å². The molecule has 0 unspecified atom stereocenters. The molecule has 0 fully saturated rings. The van der Waals surface area contributed by atoms with Crippen LogP contribution >= 0.6 is 0 Å². The first kappa shape index (κ1) is 14.2. The predicted octanol–water partition coefficient (Wildman–Crippen LogP) is 2.53. The summed E-state index contributed by atoms with van der Waals surface area (Å²) in [4.78, 5) is 0. The average Bonchev–Trinajstić information content (AvgIpc) is 2.54. The average molecular weight is 301 g/mol. The molecule has 0 amide bonds. The van der Waals surface area contributed by atoms with Crippen LogP contribution < -0.4 is 26.1 Å². The lowest BCUT2D eigenvalue weighted by Gasteiger charge is -2.19. The molecular formula is C16H16FN3O2. The Hall–Kier alpha value is -2.73. The second-order valence-corrected chi connectivity index (χ2v) is 4.83. The predicted molar refractivity (Wildman–Crippen MR) is 82.9 cm³/mol. The van der Waals surface area contributed by atoms with Crippen molar-refractivity contribution in [3.05, 3.63) is 54.6 Å². The van der Waals surface area contributed by atoms with Gasteiger partial charge in [0.05, 0.1) is 11.9 Å². The zero-order chi connectivity index (χ0) is 15.5. The van der Waals surface area contributed by atoms with Gasteiger partial charge in [-0.15, -0.1) is 0 Å². The summed E-state index contributed by atoms with van der Waals surface area (Å²) in [6.07, 6.45) is 1.01. The van der Waals surface area contributed by atoms with Gasteiger partial charge in [-0.2, -0.15) is 4.39 Å². The van der Waals surface area contributed by atoms with Crippen LogP contribution in [0.2, 0.25) is 0 Å². The molecule has 114 valence electrons. The molecule has 2 aromatic rings. The molecule has 1 aliphatic rings. The van der Waals surface area contributed by atoms with Gasteiger partial charge in [-0.3, -0.25) is 5.01 Å². The first-order chi connectivity index (χ1) is 10.6. The number of nitrogens with two attached hydrogens (primary N) is 2. The third-order valence-corrected chi connectivity index (χ3v) is 3.30. The highest BCUT2D eigenvalue weighted by Crippen LogP contribution is 2.34. The minimum atomic E-state index is -0.849. The lowest BCUT2D eigenvalue weighted by molar-refractivity contribution is 0.171. The summed E-state index contributed by atoms with van der Waals surface area (Å²) in [5.74, 6) is 6.32. The van der Waals surface area contributed by atoms with Crippen molar-refractivity contribution in [3.8, 4) is 22.6 Å².